The summed E-state index contributed by atoms with van der Waals surface area (Å²) in [6, 6.07) is 0.868. The first-order valence-corrected chi connectivity index (χ1v) is 6.59. The summed E-state index contributed by atoms with van der Waals surface area (Å²) >= 11 is 6.03. The summed E-state index contributed by atoms with van der Waals surface area (Å²) in [5, 5.41) is 0.569. The van der Waals surface area contributed by atoms with Gasteiger partial charge in [-0.1, -0.05) is 11.6 Å². The highest BCUT2D eigenvalue weighted by molar-refractivity contribution is 6.30. The highest BCUT2D eigenvalue weighted by Crippen LogP contribution is 2.29. The maximum absolute atomic E-state index is 6.03. The SMILES string of the molecule is Cc1c(Cl)ncnc1N1CCN(C2CC2)CC1. The average molecular weight is 253 g/mol. The molecule has 4 nitrogen and oxygen atoms in total. The summed E-state index contributed by atoms with van der Waals surface area (Å²) in [6.45, 7) is 6.37. The maximum atomic E-state index is 6.03. The van der Waals surface area contributed by atoms with Crippen molar-refractivity contribution in [2.24, 2.45) is 0 Å². The highest BCUT2D eigenvalue weighted by atomic mass is 35.5. The van der Waals surface area contributed by atoms with E-state index in [9.17, 15) is 0 Å². The minimum absolute atomic E-state index is 0.569. The van der Waals surface area contributed by atoms with E-state index in [1.54, 1.807) is 6.33 Å². The van der Waals surface area contributed by atoms with Crippen LogP contribution in [0.5, 0.6) is 0 Å². The van der Waals surface area contributed by atoms with Gasteiger partial charge < -0.3 is 4.90 Å². The summed E-state index contributed by atoms with van der Waals surface area (Å²) in [5.41, 5.74) is 0.994. The van der Waals surface area contributed by atoms with Crippen molar-refractivity contribution in [3.8, 4) is 0 Å². The van der Waals surface area contributed by atoms with E-state index in [1.165, 1.54) is 12.8 Å². The van der Waals surface area contributed by atoms with Gasteiger partial charge in [-0.15, -0.1) is 0 Å². The molecule has 1 saturated heterocycles. The number of aromatic nitrogens is 2. The van der Waals surface area contributed by atoms with Crippen LogP contribution in [-0.4, -0.2) is 47.1 Å². The van der Waals surface area contributed by atoms with Crippen molar-refractivity contribution >= 4 is 17.4 Å². The predicted molar refractivity (Wildman–Crippen MR) is 68.6 cm³/mol. The number of anilines is 1. The molecule has 0 spiro atoms. The molecule has 17 heavy (non-hydrogen) atoms. The van der Waals surface area contributed by atoms with E-state index in [0.29, 0.717) is 5.15 Å². The van der Waals surface area contributed by atoms with Crippen molar-refractivity contribution in [1.29, 1.82) is 0 Å². The Morgan fingerprint density at radius 2 is 1.88 bits per heavy atom. The predicted octanol–water partition coefficient (Wildman–Crippen LogP) is 1.72. The van der Waals surface area contributed by atoms with Crippen molar-refractivity contribution in [2.45, 2.75) is 25.8 Å². The summed E-state index contributed by atoms with van der Waals surface area (Å²) < 4.78 is 0. The van der Waals surface area contributed by atoms with Gasteiger partial charge in [0.2, 0.25) is 0 Å². The molecule has 0 aromatic carbocycles. The third-order valence-electron chi connectivity index (χ3n) is 3.67. The molecule has 5 heteroatoms. The summed E-state index contributed by atoms with van der Waals surface area (Å²) in [4.78, 5) is 13.3. The molecule has 0 N–H and O–H groups in total. The van der Waals surface area contributed by atoms with Crippen LogP contribution in [0.15, 0.2) is 6.33 Å². The first kappa shape index (κ1) is 11.2. The van der Waals surface area contributed by atoms with Gasteiger partial charge in [0.1, 0.15) is 17.3 Å². The topological polar surface area (TPSA) is 32.3 Å². The Kier molecular flexibility index (Phi) is 2.92. The molecule has 1 aromatic heterocycles. The van der Waals surface area contributed by atoms with Gasteiger partial charge in [-0.25, -0.2) is 9.97 Å². The molecule has 1 aliphatic heterocycles. The lowest BCUT2D eigenvalue weighted by atomic mass is 10.2. The van der Waals surface area contributed by atoms with Gasteiger partial charge >= 0.3 is 0 Å². The lowest BCUT2D eigenvalue weighted by Gasteiger charge is -2.36. The molecule has 2 heterocycles. The van der Waals surface area contributed by atoms with Crippen LogP contribution >= 0.6 is 11.6 Å². The van der Waals surface area contributed by atoms with E-state index in [-0.39, 0.29) is 0 Å². The van der Waals surface area contributed by atoms with Crippen LogP contribution in [0.4, 0.5) is 5.82 Å². The Morgan fingerprint density at radius 1 is 1.18 bits per heavy atom. The lowest BCUT2D eigenvalue weighted by molar-refractivity contribution is 0.247. The molecular weight excluding hydrogens is 236 g/mol. The first-order valence-electron chi connectivity index (χ1n) is 6.22. The molecule has 92 valence electrons. The molecule has 3 rings (SSSR count). The van der Waals surface area contributed by atoms with Crippen molar-refractivity contribution in [3.05, 3.63) is 17.0 Å². The zero-order valence-corrected chi connectivity index (χ0v) is 10.8. The van der Waals surface area contributed by atoms with Gasteiger partial charge in [0.05, 0.1) is 0 Å². The summed E-state index contributed by atoms with van der Waals surface area (Å²) in [5.74, 6) is 1.00. The second-order valence-corrected chi connectivity index (χ2v) is 5.23. The second-order valence-electron chi connectivity index (χ2n) is 4.87. The van der Waals surface area contributed by atoms with Crippen LogP contribution in [-0.2, 0) is 0 Å². The molecule has 2 fully saturated rings. The van der Waals surface area contributed by atoms with E-state index in [2.05, 4.69) is 19.8 Å². The van der Waals surface area contributed by atoms with Gasteiger partial charge in [0.15, 0.2) is 0 Å². The molecular formula is C12H17ClN4. The molecule has 1 aliphatic carbocycles. The fourth-order valence-corrected chi connectivity index (χ4v) is 2.61. The van der Waals surface area contributed by atoms with Crippen molar-refractivity contribution in [2.75, 3.05) is 31.1 Å². The molecule has 1 saturated carbocycles. The Labute approximate surface area is 107 Å². The Morgan fingerprint density at radius 3 is 2.53 bits per heavy atom. The number of halogens is 1. The number of piperazine rings is 1. The van der Waals surface area contributed by atoms with Crippen LogP contribution in [0.3, 0.4) is 0 Å². The van der Waals surface area contributed by atoms with Crippen LogP contribution in [0.2, 0.25) is 5.15 Å². The number of hydrogen-bond acceptors (Lipinski definition) is 4. The van der Waals surface area contributed by atoms with Crippen molar-refractivity contribution in [1.82, 2.24) is 14.9 Å². The van der Waals surface area contributed by atoms with Crippen LogP contribution in [0.25, 0.3) is 0 Å². The van der Waals surface area contributed by atoms with Crippen LogP contribution < -0.4 is 4.90 Å². The van der Waals surface area contributed by atoms with Crippen LogP contribution in [0, 0.1) is 6.92 Å². The fraction of sp³-hybridized carbons (Fsp3) is 0.667. The molecule has 2 aliphatic rings. The fourth-order valence-electron chi connectivity index (χ4n) is 2.48. The molecule has 0 unspecified atom stereocenters. The number of rotatable bonds is 2. The minimum Gasteiger partial charge on any atom is -0.354 e. The minimum atomic E-state index is 0.569. The average Bonchev–Trinajstić information content (AvgIpc) is 3.17. The molecule has 0 bridgehead atoms. The summed E-state index contributed by atoms with van der Waals surface area (Å²) in [7, 11) is 0. The second kappa shape index (κ2) is 4.42. The zero-order chi connectivity index (χ0) is 11.8. The smallest absolute Gasteiger partial charge is 0.137 e. The van der Waals surface area contributed by atoms with Crippen molar-refractivity contribution in [3.63, 3.8) is 0 Å². The third-order valence-corrected chi connectivity index (χ3v) is 4.05. The van der Waals surface area contributed by atoms with Gasteiger partial charge in [-0.2, -0.15) is 0 Å². The Bertz CT molecular complexity index is 411. The lowest BCUT2D eigenvalue weighted by Crippen LogP contribution is -2.47. The Balaban J connectivity index is 1.71. The number of nitrogens with zero attached hydrogens (tertiary/aromatic N) is 4. The largest absolute Gasteiger partial charge is 0.354 e. The van der Waals surface area contributed by atoms with Gasteiger partial charge in [0.25, 0.3) is 0 Å². The monoisotopic (exact) mass is 252 g/mol. The highest BCUT2D eigenvalue weighted by Gasteiger charge is 2.31. The van der Waals surface area contributed by atoms with Crippen molar-refractivity contribution < 1.29 is 0 Å². The zero-order valence-electron chi connectivity index (χ0n) is 10.1. The van der Waals surface area contributed by atoms with Crippen LogP contribution in [0.1, 0.15) is 18.4 Å². The van der Waals surface area contributed by atoms with Gasteiger partial charge in [0, 0.05) is 37.8 Å². The van der Waals surface area contributed by atoms with E-state index < -0.39 is 0 Å². The normalized spacial score (nSPS) is 21.9. The van der Waals surface area contributed by atoms with E-state index in [4.69, 9.17) is 11.6 Å². The van der Waals surface area contributed by atoms with E-state index >= 15 is 0 Å². The molecule has 0 amide bonds. The summed E-state index contributed by atoms with van der Waals surface area (Å²) in [6.07, 6.45) is 4.33. The van der Waals surface area contributed by atoms with Gasteiger partial charge in [-0.3, -0.25) is 4.90 Å². The van der Waals surface area contributed by atoms with E-state index in [1.807, 2.05) is 6.92 Å². The maximum Gasteiger partial charge on any atom is 0.137 e. The van der Waals surface area contributed by atoms with Gasteiger partial charge in [-0.05, 0) is 19.8 Å². The number of hydrogen-bond donors (Lipinski definition) is 0. The molecule has 1 aromatic rings. The quantitative estimate of drug-likeness (QED) is 0.751. The third kappa shape index (κ3) is 2.24. The Hall–Kier alpha value is -0.870. The first-order chi connectivity index (χ1) is 8.25. The molecule has 0 radical (unpaired) electrons. The van der Waals surface area contributed by atoms with E-state index in [0.717, 1.165) is 43.6 Å². The molecule has 0 atom stereocenters. The standard InChI is InChI=1S/C12H17ClN4/c1-9-11(13)14-8-15-12(9)17-6-4-16(5-7-17)10-2-3-10/h8,10H,2-7H2,1H3.